The third-order valence-corrected chi connectivity index (χ3v) is 6.04. The highest BCUT2D eigenvalue weighted by atomic mass is 16.5. The van der Waals surface area contributed by atoms with E-state index in [4.69, 9.17) is 10.5 Å². The highest BCUT2D eigenvalue weighted by Gasteiger charge is 2.38. The molecule has 0 aromatic carbocycles. The molecule has 0 unspecified atom stereocenters. The van der Waals surface area contributed by atoms with Crippen molar-refractivity contribution in [3.63, 3.8) is 0 Å². The van der Waals surface area contributed by atoms with E-state index >= 15 is 0 Å². The van der Waals surface area contributed by atoms with Gasteiger partial charge in [0.2, 0.25) is 0 Å². The molecule has 0 radical (unpaired) electrons. The molecule has 0 aromatic heterocycles. The van der Waals surface area contributed by atoms with Gasteiger partial charge in [-0.3, -0.25) is 0 Å². The van der Waals surface area contributed by atoms with Crippen molar-refractivity contribution in [1.82, 2.24) is 0 Å². The Bertz CT molecular complexity index is 273. The minimum Gasteiger partial charge on any atom is -0.370 e. The molecule has 2 aliphatic rings. The van der Waals surface area contributed by atoms with Crippen molar-refractivity contribution in [2.45, 2.75) is 90.3 Å². The van der Waals surface area contributed by atoms with Crippen LogP contribution in [0.5, 0.6) is 0 Å². The first-order chi connectivity index (χ1) is 9.58. The van der Waals surface area contributed by atoms with Gasteiger partial charge in [-0.05, 0) is 69.1 Å². The van der Waals surface area contributed by atoms with Gasteiger partial charge in [-0.1, -0.05) is 27.2 Å². The van der Waals surface area contributed by atoms with E-state index in [-0.39, 0.29) is 5.60 Å². The lowest BCUT2D eigenvalue weighted by Crippen LogP contribution is -2.47. The molecule has 118 valence electrons. The predicted octanol–water partition coefficient (Wildman–Crippen LogP) is 4.52. The standard InChI is InChI=1S/C18H35NO/c1-4-15-5-7-17(8-6-15)20-18(13-19)11-9-16(10-12-18)14(2)3/h14-17H,4-13,19H2,1-3H3. The van der Waals surface area contributed by atoms with Gasteiger partial charge in [-0.25, -0.2) is 0 Å². The highest BCUT2D eigenvalue weighted by molar-refractivity contribution is 4.90. The van der Waals surface area contributed by atoms with Crippen LogP contribution >= 0.6 is 0 Å². The Kier molecular flexibility index (Phi) is 5.92. The van der Waals surface area contributed by atoms with E-state index in [1.165, 1.54) is 57.8 Å². The maximum Gasteiger partial charge on any atom is 0.0808 e. The fraction of sp³-hybridized carbons (Fsp3) is 1.00. The topological polar surface area (TPSA) is 35.2 Å². The second kappa shape index (κ2) is 7.26. The molecule has 2 nitrogen and oxygen atoms in total. The molecule has 2 aliphatic carbocycles. The zero-order valence-corrected chi connectivity index (χ0v) is 13.9. The van der Waals surface area contributed by atoms with Crippen LogP contribution in [-0.4, -0.2) is 18.2 Å². The van der Waals surface area contributed by atoms with E-state index in [2.05, 4.69) is 20.8 Å². The van der Waals surface area contributed by atoms with Crippen LogP contribution in [0.1, 0.15) is 78.6 Å². The number of hydrogen-bond donors (Lipinski definition) is 1. The zero-order valence-electron chi connectivity index (χ0n) is 13.9. The molecule has 2 fully saturated rings. The van der Waals surface area contributed by atoms with Crippen LogP contribution in [-0.2, 0) is 4.74 Å². The summed E-state index contributed by atoms with van der Waals surface area (Å²) in [6, 6.07) is 0. The zero-order chi connectivity index (χ0) is 14.6. The molecule has 2 rings (SSSR count). The first-order valence-corrected chi connectivity index (χ1v) is 8.96. The van der Waals surface area contributed by atoms with Crippen molar-refractivity contribution in [1.29, 1.82) is 0 Å². The predicted molar refractivity (Wildman–Crippen MR) is 85.7 cm³/mol. The molecule has 0 aliphatic heterocycles. The maximum atomic E-state index is 6.56. The fourth-order valence-electron chi connectivity index (χ4n) is 4.21. The third-order valence-electron chi connectivity index (χ3n) is 6.04. The third kappa shape index (κ3) is 3.98. The Hall–Kier alpha value is -0.0800. The number of hydrogen-bond acceptors (Lipinski definition) is 2. The summed E-state index contributed by atoms with van der Waals surface area (Å²) in [6.45, 7) is 7.74. The quantitative estimate of drug-likeness (QED) is 0.804. The lowest BCUT2D eigenvalue weighted by Gasteiger charge is -2.44. The molecule has 0 amide bonds. The summed E-state index contributed by atoms with van der Waals surface area (Å²) in [5.74, 6) is 2.64. The highest BCUT2D eigenvalue weighted by Crippen LogP contribution is 2.40. The molecule has 2 saturated carbocycles. The number of ether oxygens (including phenoxy) is 1. The minimum atomic E-state index is 0.00904. The summed E-state index contributed by atoms with van der Waals surface area (Å²) in [7, 11) is 0. The van der Waals surface area contributed by atoms with Gasteiger partial charge in [0.1, 0.15) is 0 Å². The smallest absolute Gasteiger partial charge is 0.0808 e. The van der Waals surface area contributed by atoms with Gasteiger partial charge in [0.15, 0.2) is 0 Å². The second-order valence-electron chi connectivity index (χ2n) is 7.64. The normalized spacial score (nSPS) is 39.1. The first kappa shape index (κ1) is 16.3. The number of nitrogens with two attached hydrogens (primary N) is 1. The van der Waals surface area contributed by atoms with Crippen LogP contribution in [0.3, 0.4) is 0 Å². The van der Waals surface area contributed by atoms with Gasteiger partial charge in [0, 0.05) is 6.54 Å². The lowest BCUT2D eigenvalue weighted by atomic mass is 9.74. The largest absolute Gasteiger partial charge is 0.370 e. The fourth-order valence-corrected chi connectivity index (χ4v) is 4.21. The van der Waals surface area contributed by atoms with Crippen molar-refractivity contribution >= 4 is 0 Å². The van der Waals surface area contributed by atoms with Gasteiger partial charge in [-0.2, -0.15) is 0 Å². The van der Waals surface area contributed by atoms with Crippen LogP contribution in [0.25, 0.3) is 0 Å². The summed E-state index contributed by atoms with van der Waals surface area (Å²) < 4.78 is 6.56. The molecule has 0 spiro atoms. The van der Waals surface area contributed by atoms with Crippen molar-refractivity contribution in [2.75, 3.05) is 6.54 Å². The molecule has 0 atom stereocenters. The minimum absolute atomic E-state index is 0.00904. The monoisotopic (exact) mass is 281 g/mol. The van der Waals surface area contributed by atoms with Gasteiger partial charge in [0.05, 0.1) is 11.7 Å². The molecular weight excluding hydrogens is 246 g/mol. The second-order valence-corrected chi connectivity index (χ2v) is 7.64. The van der Waals surface area contributed by atoms with E-state index in [0.29, 0.717) is 12.6 Å². The van der Waals surface area contributed by atoms with Crippen LogP contribution < -0.4 is 5.73 Å². The summed E-state index contributed by atoms with van der Waals surface area (Å²) in [5, 5.41) is 0. The van der Waals surface area contributed by atoms with E-state index in [0.717, 1.165) is 17.8 Å². The van der Waals surface area contributed by atoms with Gasteiger partial charge in [0.25, 0.3) is 0 Å². The van der Waals surface area contributed by atoms with Gasteiger partial charge >= 0.3 is 0 Å². The van der Waals surface area contributed by atoms with E-state index in [9.17, 15) is 0 Å². The molecule has 0 aromatic rings. The number of rotatable bonds is 5. The average molecular weight is 281 g/mol. The maximum absolute atomic E-state index is 6.56. The Morgan fingerprint density at radius 1 is 1.05 bits per heavy atom. The van der Waals surface area contributed by atoms with Crippen molar-refractivity contribution in [3.05, 3.63) is 0 Å². The van der Waals surface area contributed by atoms with E-state index in [1.807, 2.05) is 0 Å². The van der Waals surface area contributed by atoms with E-state index < -0.39 is 0 Å². The summed E-state index contributed by atoms with van der Waals surface area (Å²) in [6.07, 6.45) is 12.0. The van der Waals surface area contributed by atoms with Crippen LogP contribution in [0, 0.1) is 17.8 Å². The van der Waals surface area contributed by atoms with E-state index in [1.54, 1.807) is 0 Å². The van der Waals surface area contributed by atoms with Crippen molar-refractivity contribution in [3.8, 4) is 0 Å². The first-order valence-electron chi connectivity index (χ1n) is 8.96. The Morgan fingerprint density at radius 2 is 1.65 bits per heavy atom. The molecule has 2 heteroatoms. The summed E-state index contributed by atoms with van der Waals surface area (Å²) in [5.41, 5.74) is 6.11. The molecule has 20 heavy (non-hydrogen) atoms. The molecular formula is C18H35NO. The lowest BCUT2D eigenvalue weighted by molar-refractivity contribution is -0.128. The Balaban J connectivity index is 1.83. The summed E-state index contributed by atoms with van der Waals surface area (Å²) >= 11 is 0. The average Bonchev–Trinajstić information content (AvgIpc) is 2.48. The van der Waals surface area contributed by atoms with Gasteiger partial charge in [-0.15, -0.1) is 0 Å². The summed E-state index contributed by atoms with van der Waals surface area (Å²) in [4.78, 5) is 0. The Labute approximate surface area is 125 Å². The molecule has 2 N–H and O–H groups in total. The van der Waals surface area contributed by atoms with Crippen LogP contribution in [0.15, 0.2) is 0 Å². The van der Waals surface area contributed by atoms with Crippen LogP contribution in [0.4, 0.5) is 0 Å². The molecule has 0 saturated heterocycles. The van der Waals surface area contributed by atoms with Crippen molar-refractivity contribution in [2.24, 2.45) is 23.5 Å². The molecule has 0 bridgehead atoms. The van der Waals surface area contributed by atoms with Crippen LogP contribution in [0.2, 0.25) is 0 Å². The molecule has 0 heterocycles. The Morgan fingerprint density at radius 3 is 2.10 bits per heavy atom. The van der Waals surface area contributed by atoms with Crippen molar-refractivity contribution < 1.29 is 4.74 Å². The SMILES string of the molecule is CCC1CCC(OC2(CN)CCC(C(C)C)CC2)CC1. The van der Waals surface area contributed by atoms with Gasteiger partial charge < -0.3 is 10.5 Å².